The monoisotopic (exact) mass is 334 g/mol. The maximum atomic E-state index is 10.8. The molecule has 1 fully saturated rings. The average Bonchev–Trinajstić information content (AvgIpc) is 2.87. The number of hydrogen-bond acceptors (Lipinski definition) is 3. The average molecular weight is 334 g/mol. The van der Waals surface area contributed by atoms with Gasteiger partial charge in [-0.15, -0.1) is 0 Å². The van der Waals surface area contributed by atoms with E-state index in [9.17, 15) is 5.11 Å². The van der Waals surface area contributed by atoms with Crippen LogP contribution in [0.4, 0.5) is 0 Å². The van der Waals surface area contributed by atoms with Crippen LogP contribution in [0.2, 0.25) is 0 Å². The number of hydrogen-bond donors (Lipinski definition) is 2. The highest BCUT2D eigenvalue weighted by Crippen LogP contribution is 2.49. The van der Waals surface area contributed by atoms with Gasteiger partial charge in [-0.25, -0.2) is 0 Å². The summed E-state index contributed by atoms with van der Waals surface area (Å²) in [6.45, 7) is 2.95. The molecule has 0 radical (unpaired) electrons. The van der Waals surface area contributed by atoms with Crippen LogP contribution in [0.25, 0.3) is 6.08 Å². The minimum Gasteiger partial charge on any atom is -0.390 e. The summed E-state index contributed by atoms with van der Waals surface area (Å²) >= 11 is 0. The van der Waals surface area contributed by atoms with Gasteiger partial charge in [0.25, 0.3) is 0 Å². The maximum Gasteiger partial charge on any atom is 0.0830 e. The highest BCUT2D eigenvalue weighted by Gasteiger charge is 2.51. The summed E-state index contributed by atoms with van der Waals surface area (Å²) in [4.78, 5) is 2.46. The van der Waals surface area contributed by atoms with Gasteiger partial charge >= 0.3 is 0 Å². The van der Waals surface area contributed by atoms with Gasteiger partial charge in [0, 0.05) is 12.0 Å². The van der Waals surface area contributed by atoms with Crippen molar-refractivity contribution >= 4 is 6.08 Å². The molecule has 2 aromatic carbocycles. The molecule has 3 heteroatoms. The zero-order valence-electron chi connectivity index (χ0n) is 14.5. The molecule has 2 aliphatic rings. The summed E-state index contributed by atoms with van der Waals surface area (Å²) in [5.74, 6) is 0. The molecule has 4 rings (SSSR count). The first kappa shape index (κ1) is 16.5. The molecule has 3 nitrogen and oxygen atoms in total. The van der Waals surface area contributed by atoms with Crippen LogP contribution in [0.1, 0.15) is 35.6 Å². The Morgan fingerprint density at radius 1 is 1.04 bits per heavy atom. The minimum atomic E-state index is -0.466. The third kappa shape index (κ3) is 2.93. The third-order valence-electron chi connectivity index (χ3n) is 5.98. The Labute approximate surface area is 149 Å². The van der Waals surface area contributed by atoms with Crippen LogP contribution in [0.3, 0.4) is 0 Å². The zero-order valence-corrected chi connectivity index (χ0v) is 14.5. The number of nitrogens with zero attached hydrogens (tertiary/aromatic N) is 1. The highest BCUT2D eigenvalue weighted by molar-refractivity contribution is 5.49. The van der Waals surface area contributed by atoms with Gasteiger partial charge in [0.2, 0.25) is 0 Å². The molecule has 25 heavy (non-hydrogen) atoms. The van der Waals surface area contributed by atoms with Crippen LogP contribution < -0.4 is 5.73 Å². The Balaban J connectivity index is 1.42. The summed E-state index contributed by atoms with van der Waals surface area (Å²) < 4.78 is 0. The van der Waals surface area contributed by atoms with Crippen LogP contribution in [-0.2, 0) is 5.41 Å². The van der Waals surface area contributed by atoms with Crippen molar-refractivity contribution in [3.8, 4) is 0 Å². The SMILES string of the molecule is N[C@@H]1c2ccccc2C2(CCN(C/C=C/c3ccccc3)CC2)[C@H]1O. The van der Waals surface area contributed by atoms with E-state index in [1.165, 1.54) is 11.1 Å². The van der Waals surface area contributed by atoms with E-state index in [0.29, 0.717) is 0 Å². The first-order valence-electron chi connectivity index (χ1n) is 9.18. The molecule has 1 heterocycles. The van der Waals surface area contributed by atoms with Crippen molar-refractivity contribution in [2.24, 2.45) is 5.73 Å². The van der Waals surface area contributed by atoms with Crippen molar-refractivity contribution in [3.05, 3.63) is 77.4 Å². The summed E-state index contributed by atoms with van der Waals surface area (Å²) in [5, 5.41) is 10.8. The molecule has 1 spiro atoms. The van der Waals surface area contributed by atoms with Gasteiger partial charge in [-0.1, -0.05) is 66.7 Å². The molecular weight excluding hydrogens is 308 g/mol. The predicted molar refractivity (Wildman–Crippen MR) is 102 cm³/mol. The number of aliphatic hydroxyl groups is 1. The first-order chi connectivity index (χ1) is 12.2. The minimum absolute atomic E-state index is 0.157. The van der Waals surface area contributed by atoms with Crippen molar-refractivity contribution in [3.63, 3.8) is 0 Å². The molecule has 0 unspecified atom stereocenters. The second-order valence-electron chi connectivity index (χ2n) is 7.33. The van der Waals surface area contributed by atoms with Gasteiger partial charge in [-0.2, -0.15) is 0 Å². The largest absolute Gasteiger partial charge is 0.390 e. The molecule has 2 aromatic rings. The molecule has 0 saturated carbocycles. The van der Waals surface area contributed by atoms with E-state index in [-0.39, 0.29) is 11.5 Å². The standard InChI is InChI=1S/C22H26N2O/c23-20-18-10-4-5-11-19(18)22(21(20)25)12-15-24(16-13-22)14-6-9-17-7-2-1-3-8-17/h1-11,20-21,25H,12-16,23H2/b9-6+/t20-,21+/m1/s1. The summed E-state index contributed by atoms with van der Waals surface area (Å²) in [6, 6.07) is 18.5. The number of piperidine rings is 1. The molecule has 2 atom stereocenters. The van der Waals surface area contributed by atoms with E-state index in [1.807, 2.05) is 12.1 Å². The van der Waals surface area contributed by atoms with Gasteiger partial charge in [-0.05, 0) is 42.6 Å². The van der Waals surface area contributed by atoms with Gasteiger partial charge in [0.05, 0.1) is 12.1 Å². The second-order valence-corrected chi connectivity index (χ2v) is 7.33. The molecular formula is C22H26N2O. The molecule has 130 valence electrons. The van der Waals surface area contributed by atoms with E-state index in [4.69, 9.17) is 5.73 Å². The normalized spacial score (nSPS) is 25.5. The molecule has 3 N–H and O–H groups in total. The van der Waals surface area contributed by atoms with Crippen LogP contribution >= 0.6 is 0 Å². The van der Waals surface area contributed by atoms with Gasteiger partial charge in [0.1, 0.15) is 0 Å². The quantitative estimate of drug-likeness (QED) is 0.907. The molecule has 0 bridgehead atoms. The van der Waals surface area contributed by atoms with Gasteiger partial charge in [-0.3, -0.25) is 4.90 Å². The van der Waals surface area contributed by atoms with Crippen molar-refractivity contribution in [2.75, 3.05) is 19.6 Å². The molecule has 1 aliphatic heterocycles. The summed E-state index contributed by atoms with van der Waals surface area (Å²) in [5.41, 5.74) is 9.79. The number of aliphatic hydroxyl groups excluding tert-OH is 1. The smallest absolute Gasteiger partial charge is 0.0830 e. The fourth-order valence-corrected chi connectivity index (χ4v) is 4.52. The summed E-state index contributed by atoms with van der Waals surface area (Å²) in [6.07, 6.45) is 5.89. The lowest BCUT2D eigenvalue weighted by atomic mass is 9.72. The van der Waals surface area contributed by atoms with E-state index in [1.54, 1.807) is 0 Å². The fraction of sp³-hybridized carbons (Fsp3) is 0.364. The van der Waals surface area contributed by atoms with Crippen LogP contribution in [0.5, 0.6) is 0 Å². The fourth-order valence-electron chi connectivity index (χ4n) is 4.52. The molecule has 0 amide bonds. The second kappa shape index (κ2) is 6.75. The number of nitrogens with two attached hydrogens (primary N) is 1. The van der Waals surface area contributed by atoms with Crippen LogP contribution in [-0.4, -0.2) is 35.7 Å². The third-order valence-corrected chi connectivity index (χ3v) is 5.98. The number of likely N-dealkylation sites (tertiary alicyclic amines) is 1. The molecule has 0 aromatic heterocycles. The van der Waals surface area contributed by atoms with Gasteiger partial charge < -0.3 is 10.8 Å². The maximum absolute atomic E-state index is 10.8. The Morgan fingerprint density at radius 3 is 2.48 bits per heavy atom. The number of rotatable bonds is 3. The van der Waals surface area contributed by atoms with E-state index in [0.717, 1.165) is 38.0 Å². The lowest BCUT2D eigenvalue weighted by Crippen LogP contribution is -2.48. The van der Waals surface area contributed by atoms with Crippen LogP contribution in [0.15, 0.2) is 60.7 Å². The molecule has 1 aliphatic carbocycles. The highest BCUT2D eigenvalue weighted by atomic mass is 16.3. The van der Waals surface area contributed by atoms with Crippen molar-refractivity contribution < 1.29 is 5.11 Å². The van der Waals surface area contributed by atoms with Crippen molar-refractivity contribution in [1.29, 1.82) is 0 Å². The Bertz CT molecular complexity index is 748. The Hall–Kier alpha value is -1.94. The zero-order chi connectivity index (χ0) is 17.3. The topological polar surface area (TPSA) is 49.5 Å². The predicted octanol–water partition coefficient (Wildman–Crippen LogP) is 3.11. The number of benzene rings is 2. The lowest BCUT2D eigenvalue weighted by Gasteiger charge is -2.42. The van der Waals surface area contributed by atoms with E-state index in [2.05, 4.69) is 59.5 Å². The summed E-state index contributed by atoms with van der Waals surface area (Å²) in [7, 11) is 0. The van der Waals surface area contributed by atoms with Crippen LogP contribution in [0, 0.1) is 0 Å². The van der Waals surface area contributed by atoms with E-state index >= 15 is 0 Å². The van der Waals surface area contributed by atoms with Gasteiger partial charge in [0.15, 0.2) is 0 Å². The first-order valence-corrected chi connectivity index (χ1v) is 9.18. The molecule has 1 saturated heterocycles. The lowest BCUT2D eigenvalue weighted by molar-refractivity contribution is 0.0314. The van der Waals surface area contributed by atoms with E-state index < -0.39 is 6.10 Å². The number of fused-ring (bicyclic) bond motifs is 2. The Morgan fingerprint density at radius 2 is 1.72 bits per heavy atom. The van der Waals surface area contributed by atoms with Crippen molar-refractivity contribution in [2.45, 2.75) is 30.4 Å². The Kier molecular flexibility index (Phi) is 4.46. The van der Waals surface area contributed by atoms with Crippen molar-refractivity contribution in [1.82, 2.24) is 4.90 Å².